The minimum absolute atomic E-state index is 0.490. The molecular weight excluding hydrogens is 290 g/mol. The lowest BCUT2D eigenvalue weighted by Crippen LogP contribution is -2.09. The number of para-hydroxylation sites is 2. The average Bonchev–Trinajstić information content (AvgIpc) is 2.95. The number of anilines is 1. The van der Waals surface area contributed by atoms with Crippen LogP contribution in [0.4, 0.5) is 6.01 Å². The van der Waals surface area contributed by atoms with E-state index in [1.807, 2.05) is 37.3 Å². The highest BCUT2D eigenvalue weighted by molar-refractivity contribution is 5.74. The van der Waals surface area contributed by atoms with Crippen LogP contribution in [-0.4, -0.2) is 16.6 Å². The normalized spacial score (nSPS) is 11.1. The highest BCUT2D eigenvalue weighted by Gasteiger charge is 2.09. The van der Waals surface area contributed by atoms with E-state index < -0.39 is 0 Å². The van der Waals surface area contributed by atoms with Crippen molar-refractivity contribution in [3.8, 4) is 5.75 Å². The van der Waals surface area contributed by atoms with Crippen molar-refractivity contribution in [2.75, 3.05) is 11.9 Å². The zero-order chi connectivity index (χ0) is 16.2. The molecule has 0 atom stereocenters. The van der Waals surface area contributed by atoms with Gasteiger partial charge in [0.25, 0.3) is 6.01 Å². The summed E-state index contributed by atoms with van der Waals surface area (Å²) in [5.74, 6) is 1.37. The van der Waals surface area contributed by atoms with Crippen LogP contribution in [-0.2, 0) is 6.54 Å². The molecule has 0 aliphatic heterocycles. The molecule has 0 spiro atoms. The largest absolute Gasteiger partial charge is 0.493 e. The molecular formula is C18H21N3O2. The monoisotopic (exact) mass is 311 g/mol. The van der Waals surface area contributed by atoms with Crippen LogP contribution in [0.2, 0.25) is 0 Å². The van der Waals surface area contributed by atoms with Gasteiger partial charge in [0, 0.05) is 11.8 Å². The predicted molar refractivity (Wildman–Crippen MR) is 90.6 cm³/mol. The Balaban J connectivity index is 1.71. The molecule has 2 aromatic heterocycles. The fourth-order valence-corrected chi connectivity index (χ4v) is 2.26. The van der Waals surface area contributed by atoms with Gasteiger partial charge in [0.05, 0.1) is 18.8 Å². The van der Waals surface area contributed by atoms with Crippen LogP contribution in [0.5, 0.6) is 5.75 Å². The van der Waals surface area contributed by atoms with Gasteiger partial charge in [0.2, 0.25) is 0 Å². The number of nitrogens with one attached hydrogen (secondary N) is 1. The molecule has 3 rings (SSSR count). The summed E-state index contributed by atoms with van der Waals surface area (Å²) < 4.78 is 11.5. The zero-order valence-corrected chi connectivity index (χ0v) is 13.7. The highest BCUT2D eigenvalue weighted by Crippen LogP contribution is 2.22. The Morgan fingerprint density at radius 3 is 2.83 bits per heavy atom. The van der Waals surface area contributed by atoms with Gasteiger partial charge >= 0.3 is 0 Å². The summed E-state index contributed by atoms with van der Waals surface area (Å²) in [7, 11) is 0. The first kappa shape index (κ1) is 15.3. The van der Waals surface area contributed by atoms with Crippen molar-refractivity contribution in [1.29, 1.82) is 0 Å². The van der Waals surface area contributed by atoms with Crippen LogP contribution >= 0.6 is 0 Å². The van der Waals surface area contributed by atoms with E-state index in [-0.39, 0.29) is 0 Å². The first-order valence-electron chi connectivity index (χ1n) is 7.80. The van der Waals surface area contributed by atoms with E-state index in [0.29, 0.717) is 25.1 Å². The lowest BCUT2D eigenvalue weighted by Gasteiger charge is -2.13. The third kappa shape index (κ3) is 3.62. The maximum atomic E-state index is 5.83. The molecule has 0 saturated heterocycles. The number of hydrogen-bond acceptors (Lipinski definition) is 5. The Morgan fingerprint density at radius 2 is 2.04 bits per heavy atom. The molecule has 5 heteroatoms. The summed E-state index contributed by atoms with van der Waals surface area (Å²) in [5.41, 5.74) is 3.58. The van der Waals surface area contributed by atoms with E-state index in [1.54, 1.807) is 6.20 Å². The number of fused-ring (bicyclic) bond motifs is 1. The van der Waals surface area contributed by atoms with Crippen molar-refractivity contribution in [1.82, 2.24) is 9.97 Å². The molecule has 0 aliphatic carbocycles. The van der Waals surface area contributed by atoms with Gasteiger partial charge in [-0.25, -0.2) is 0 Å². The number of nitrogens with zero attached hydrogens (tertiary/aromatic N) is 2. The Labute approximate surface area is 135 Å². The minimum Gasteiger partial charge on any atom is -0.493 e. The molecule has 0 aliphatic rings. The topological polar surface area (TPSA) is 60.2 Å². The van der Waals surface area contributed by atoms with Crippen molar-refractivity contribution in [2.24, 2.45) is 5.92 Å². The molecule has 0 unspecified atom stereocenters. The molecule has 0 amide bonds. The van der Waals surface area contributed by atoms with Crippen molar-refractivity contribution in [3.05, 3.63) is 47.8 Å². The van der Waals surface area contributed by atoms with E-state index in [9.17, 15) is 0 Å². The summed E-state index contributed by atoms with van der Waals surface area (Å²) in [4.78, 5) is 8.83. The second-order valence-corrected chi connectivity index (χ2v) is 5.93. The number of ether oxygens (including phenoxy) is 1. The summed E-state index contributed by atoms with van der Waals surface area (Å²) >= 11 is 0. The van der Waals surface area contributed by atoms with Gasteiger partial charge in [-0.3, -0.25) is 4.98 Å². The Morgan fingerprint density at radius 1 is 1.22 bits per heavy atom. The lowest BCUT2D eigenvalue weighted by atomic mass is 10.2. The maximum Gasteiger partial charge on any atom is 0.296 e. The van der Waals surface area contributed by atoms with Crippen LogP contribution < -0.4 is 10.1 Å². The first-order valence-corrected chi connectivity index (χ1v) is 7.80. The number of aromatic nitrogens is 2. The van der Waals surface area contributed by atoms with Crippen LogP contribution in [0.3, 0.4) is 0 Å². The van der Waals surface area contributed by atoms with Crippen LogP contribution in [0.1, 0.15) is 25.1 Å². The standard InChI is InChI=1S/C18H21N3O2/c1-12(2)11-22-16-8-9-19-15(13(16)3)10-20-18-21-14-6-4-5-7-17(14)23-18/h4-9,12H,10-11H2,1-3H3,(H,20,21). The van der Waals surface area contributed by atoms with Gasteiger partial charge < -0.3 is 14.5 Å². The van der Waals surface area contributed by atoms with Gasteiger partial charge in [-0.15, -0.1) is 0 Å². The molecule has 1 aromatic carbocycles. The second-order valence-electron chi connectivity index (χ2n) is 5.93. The molecule has 0 fully saturated rings. The number of benzene rings is 1. The van der Waals surface area contributed by atoms with Crippen molar-refractivity contribution < 1.29 is 9.15 Å². The third-order valence-corrected chi connectivity index (χ3v) is 3.53. The summed E-state index contributed by atoms with van der Waals surface area (Å²) in [6.07, 6.45) is 1.77. The maximum absolute atomic E-state index is 5.83. The molecule has 23 heavy (non-hydrogen) atoms. The second kappa shape index (κ2) is 6.69. The Hall–Kier alpha value is -2.56. The number of pyridine rings is 1. The van der Waals surface area contributed by atoms with Crippen LogP contribution in [0, 0.1) is 12.8 Å². The zero-order valence-electron chi connectivity index (χ0n) is 13.7. The van der Waals surface area contributed by atoms with E-state index in [0.717, 1.165) is 28.1 Å². The van der Waals surface area contributed by atoms with Gasteiger partial charge in [-0.05, 0) is 31.0 Å². The van der Waals surface area contributed by atoms with Crippen LogP contribution in [0.15, 0.2) is 40.9 Å². The molecule has 0 saturated carbocycles. The number of oxazole rings is 1. The van der Waals surface area contributed by atoms with E-state index in [2.05, 4.69) is 29.1 Å². The van der Waals surface area contributed by atoms with Gasteiger partial charge in [0.15, 0.2) is 5.58 Å². The quantitative estimate of drug-likeness (QED) is 0.740. The van der Waals surface area contributed by atoms with E-state index in [4.69, 9.17) is 9.15 Å². The Kier molecular flexibility index (Phi) is 4.46. The fourth-order valence-electron chi connectivity index (χ4n) is 2.26. The third-order valence-electron chi connectivity index (χ3n) is 3.53. The van der Waals surface area contributed by atoms with E-state index in [1.165, 1.54) is 0 Å². The summed E-state index contributed by atoms with van der Waals surface area (Å²) in [6, 6.07) is 10.1. The van der Waals surface area contributed by atoms with Crippen molar-refractivity contribution in [3.63, 3.8) is 0 Å². The van der Waals surface area contributed by atoms with Crippen LogP contribution in [0.25, 0.3) is 11.1 Å². The molecule has 120 valence electrons. The van der Waals surface area contributed by atoms with Gasteiger partial charge in [-0.1, -0.05) is 26.0 Å². The summed E-state index contributed by atoms with van der Waals surface area (Å²) in [6.45, 7) is 7.52. The SMILES string of the molecule is Cc1c(OCC(C)C)ccnc1CNc1nc2ccccc2o1. The highest BCUT2D eigenvalue weighted by atomic mass is 16.5. The molecule has 3 aromatic rings. The number of rotatable bonds is 6. The molecule has 0 bridgehead atoms. The van der Waals surface area contributed by atoms with E-state index >= 15 is 0 Å². The lowest BCUT2D eigenvalue weighted by molar-refractivity contribution is 0.269. The molecule has 0 radical (unpaired) electrons. The Bertz CT molecular complexity index is 763. The fraction of sp³-hybridized carbons (Fsp3) is 0.333. The van der Waals surface area contributed by atoms with Crippen molar-refractivity contribution >= 4 is 17.1 Å². The number of hydrogen-bond donors (Lipinski definition) is 1. The average molecular weight is 311 g/mol. The van der Waals surface area contributed by atoms with Crippen molar-refractivity contribution in [2.45, 2.75) is 27.3 Å². The molecule has 2 heterocycles. The smallest absolute Gasteiger partial charge is 0.296 e. The minimum atomic E-state index is 0.490. The molecule has 5 nitrogen and oxygen atoms in total. The first-order chi connectivity index (χ1) is 11.1. The van der Waals surface area contributed by atoms with Gasteiger partial charge in [-0.2, -0.15) is 4.98 Å². The summed E-state index contributed by atoms with van der Waals surface area (Å²) in [5, 5.41) is 3.19. The predicted octanol–water partition coefficient (Wildman–Crippen LogP) is 4.18. The van der Waals surface area contributed by atoms with Gasteiger partial charge in [0.1, 0.15) is 11.3 Å². The molecule has 1 N–H and O–H groups in total.